The molecule has 4 nitrogen and oxygen atoms in total. The van der Waals surface area contributed by atoms with E-state index in [1.54, 1.807) is 0 Å². The normalized spacial score (nSPS) is 30.3. The molecule has 0 aromatic carbocycles. The van der Waals surface area contributed by atoms with Crippen molar-refractivity contribution in [2.75, 3.05) is 0 Å². The highest BCUT2D eigenvalue weighted by molar-refractivity contribution is 5.19. The summed E-state index contributed by atoms with van der Waals surface area (Å²) in [6, 6.07) is 0.605. The number of nitrogens with zero attached hydrogens (tertiary/aromatic N) is 3. The van der Waals surface area contributed by atoms with E-state index in [1.807, 2.05) is 0 Å². The molecule has 0 saturated heterocycles. The molecule has 2 fully saturated rings. The average Bonchev–Trinajstić information content (AvgIpc) is 2.74. The van der Waals surface area contributed by atoms with Crippen LogP contribution >= 0.6 is 0 Å². The fourth-order valence-corrected chi connectivity index (χ4v) is 2.47. The highest BCUT2D eigenvalue weighted by Crippen LogP contribution is 2.46. The molecule has 1 aromatic heterocycles. The van der Waals surface area contributed by atoms with Crippen LogP contribution < -0.4 is 5.73 Å². The maximum atomic E-state index is 5.72. The molecule has 0 bridgehead atoms. The molecule has 3 rings (SSSR count). The van der Waals surface area contributed by atoms with Crippen molar-refractivity contribution in [3.8, 4) is 0 Å². The summed E-state index contributed by atoms with van der Waals surface area (Å²) in [4.78, 5) is 0. The van der Waals surface area contributed by atoms with E-state index in [0.29, 0.717) is 18.5 Å². The molecular formula is C11H18N4. The second-order valence-corrected chi connectivity index (χ2v) is 4.98. The largest absolute Gasteiger partial charge is 0.325 e. The fraction of sp³-hybridized carbons (Fsp3) is 0.818. The Morgan fingerprint density at radius 1 is 1.47 bits per heavy atom. The third kappa shape index (κ3) is 1.39. The van der Waals surface area contributed by atoms with Crippen LogP contribution in [0.2, 0.25) is 0 Å². The average molecular weight is 206 g/mol. The van der Waals surface area contributed by atoms with Crippen molar-refractivity contribution in [2.24, 2.45) is 11.7 Å². The second kappa shape index (κ2) is 3.30. The first-order chi connectivity index (χ1) is 7.31. The number of nitrogens with two attached hydrogens (primary N) is 1. The van der Waals surface area contributed by atoms with Gasteiger partial charge in [-0.2, -0.15) is 0 Å². The van der Waals surface area contributed by atoms with Gasteiger partial charge < -0.3 is 5.73 Å². The van der Waals surface area contributed by atoms with Gasteiger partial charge in [0, 0.05) is 12.5 Å². The minimum absolute atomic E-state index is 0.535. The summed E-state index contributed by atoms with van der Waals surface area (Å²) in [6.07, 6.45) is 5.19. The summed E-state index contributed by atoms with van der Waals surface area (Å²) in [5.41, 5.74) is 8.09. The van der Waals surface area contributed by atoms with Gasteiger partial charge in [-0.3, -0.25) is 0 Å². The monoisotopic (exact) mass is 206 g/mol. The molecule has 0 aliphatic heterocycles. The molecule has 15 heavy (non-hydrogen) atoms. The SMILES string of the molecule is CC1CC1n1nnc(CN)c1C1CCC1. The van der Waals surface area contributed by atoms with Gasteiger partial charge in [0.25, 0.3) is 0 Å². The Morgan fingerprint density at radius 2 is 2.20 bits per heavy atom. The molecule has 0 radical (unpaired) electrons. The molecule has 82 valence electrons. The Morgan fingerprint density at radius 3 is 2.67 bits per heavy atom. The van der Waals surface area contributed by atoms with Gasteiger partial charge in [-0.05, 0) is 25.2 Å². The summed E-state index contributed by atoms with van der Waals surface area (Å²) < 4.78 is 2.16. The topological polar surface area (TPSA) is 56.7 Å². The van der Waals surface area contributed by atoms with Crippen LogP contribution in [0.4, 0.5) is 0 Å². The summed E-state index contributed by atoms with van der Waals surface area (Å²) in [5.74, 6) is 1.46. The van der Waals surface area contributed by atoms with Crippen LogP contribution in [0, 0.1) is 5.92 Å². The molecule has 2 unspecified atom stereocenters. The Bertz CT molecular complexity index is 367. The van der Waals surface area contributed by atoms with Gasteiger partial charge in [0.2, 0.25) is 0 Å². The molecular weight excluding hydrogens is 188 g/mol. The van der Waals surface area contributed by atoms with Crippen LogP contribution in [-0.4, -0.2) is 15.0 Å². The molecule has 0 amide bonds. The zero-order chi connectivity index (χ0) is 10.4. The lowest BCUT2D eigenvalue weighted by Gasteiger charge is -2.26. The molecule has 2 N–H and O–H groups in total. The van der Waals surface area contributed by atoms with Crippen LogP contribution in [-0.2, 0) is 6.54 Å². The van der Waals surface area contributed by atoms with Crippen molar-refractivity contribution in [3.05, 3.63) is 11.4 Å². The summed E-state index contributed by atoms with van der Waals surface area (Å²) in [6.45, 7) is 2.81. The standard InChI is InChI=1S/C11H18N4/c1-7-5-10(7)15-11(8-3-2-4-8)9(6-12)13-14-15/h7-8,10H,2-6,12H2,1H3. The highest BCUT2D eigenvalue weighted by atomic mass is 15.5. The van der Waals surface area contributed by atoms with Crippen LogP contribution in [0.3, 0.4) is 0 Å². The van der Waals surface area contributed by atoms with Gasteiger partial charge in [0.1, 0.15) is 0 Å². The number of rotatable bonds is 3. The molecule has 2 aliphatic rings. The minimum Gasteiger partial charge on any atom is -0.325 e. The third-order valence-electron chi connectivity index (χ3n) is 3.87. The van der Waals surface area contributed by atoms with Crippen molar-refractivity contribution in [2.45, 2.75) is 51.1 Å². The molecule has 1 aromatic rings. The highest BCUT2D eigenvalue weighted by Gasteiger charge is 2.39. The second-order valence-electron chi connectivity index (χ2n) is 4.98. The third-order valence-corrected chi connectivity index (χ3v) is 3.87. The van der Waals surface area contributed by atoms with E-state index in [4.69, 9.17) is 5.73 Å². The molecule has 1 heterocycles. The zero-order valence-electron chi connectivity index (χ0n) is 9.19. The fourth-order valence-electron chi connectivity index (χ4n) is 2.47. The quantitative estimate of drug-likeness (QED) is 0.817. The lowest BCUT2D eigenvalue weighted by atomic mass is 9.82. The lowest BCUT2D eigenvalue weighted by molar-refractivity contribution is 0.383. The van der Waals surface area contributed by atoms with Crippen LogP contribution in [0.5, 0.6) is 0 Å². The van der Waals surface area contributed by atoms with Crippen molar-refractivity contribution in [3.63, 3.8) is 0 Å². The summed E-state index contributed by atoms with van der Waals surface area (Å²) >= 11 is 0. The molecule has 2 aliphatic carbocycles. The smallest absolute Gasteiger partial charge is 0.0997 e. The Labute approximate surface area is 89.8 Å². The van der Waals surface area contributed by atoms with E-state index in [2.05, 4.69) is 21.9 Å². The maximum absolute atomic E-state index is 5.72. The summed E-state index contributed by atoms with van der Waals surface area (Å²) in [5, 5.41) is 8.51. The van der Waals surface area contributed by atoms with E-state index in [0.717, 1.165) is 11.6 Å². The van der Waals surface area contributed by atoms with Gasteiger partial charge in [-0.25, -0.2) is 4.68 Å². The first-order valence-electron chi connectivity index (χ1n) is 5.95. The maximum Gasteiger partial charge on any atom is 0.0997 e. The van der Waals surface area contributed by atoms with Crippen molar-refractivity contribution < 1.29 is 0 Å². The first-order valence-corrected chi connectivity index (χ1v) is 5.95. The van der Waals surface area contributed by atoms with E-state index in [9.17, 15) is 0 Å². The minimum atomic E-state index is 0.535. The zero-order valence-corrected chi connectivity index (χ0v) is 9.19. The number of hydrogen-bond donors (Lipinski definition) is 1. The van der Waals surface area contributed by atoms with Crippen molar-refractivity contribution in [1.82, 2.24) is 15.0 Å². The predicted molar refractivity (Wildman–Crippen MR) is 57.3 cm³/mol. The Hall–Kier alpha value is -0.900. The van der Waals surface area contributed by atoms with Gasteiger partial charge in [0.05, 0.1) is 17.4 Å². The van der Waals surface area contributed by atoms with Crippen LogP contribution in [0.25, 0.3) is 0 Å². The molecule has 0 spiro atoms. The molecule has 4 heteroatoms. The molecule has 2 atom stereocenters. The van der Waals surface area contributed by atoms with Gasteiger partial charge in [-0.15, -0.1) is 5.10 Å². The molecule has 2 saturated carbocycles. The van der Waals surface area contributed by atoms with Gasteiger partial charge >= 0.3 is 0 Å². The van der Waals surface area contributed by atoms with Crippen molar-refractivity contribution in [1.29, 1.82) is 0 Å². The summed E-state index contributed by atoms with van der Waals surface area (Å²) in [7, 11) is 0. The lowest BCUT2D eigenvalue weighted by Crippen LogP contribution is -2.17. The first kappa shape index (κ1) is 9.33. The number of aromatic nitrogens is 3. The van der Waals surface area contributed by atoms with Crippen LogP contribution in [0.1, 0.15) is 56.0 Å². The van der Waals surface area contributed by atoms with Crippen molar-refractivity contribution >= 4 is 0 Å². The Kier molecular flexibility index (Phi) is 2.06. The Balaban J connectivity index is 1.95. The van der Waals surface area contributed by atoms with E-state index in [-0.39, 0.29) is 0 Å². The number of hydrogen-bond acceptors (Lipinski definition) is 3. The van der Waals surface area contributed by atoms with E-state index in [1.165, 1.54) is 31.4 Å². The van der Waals surface area contributed by atoms with Gasteiger partial charge in [-0.1, -0.05) is 18.6 Å². The van der Waals surface area contributed by atoms with Gasteiger partial charge in [0.15, 0.2) is 0 Å². The van der Waals surface area contributed by atoms with E-state index >= 15 is 0 Å². The van der Waals surface area contributed by atoms with E-state index < -0.39 is 0 Å². The van der Waals surface area contributed by atoms with Crippen LogP contribution in [0.15, 0.2) is 0 Å². The predicted octanol–water partition coefficient (Wildman–Crippen LogP) is 1.59.